The molecule has 30 heavy (non-hydrogen) atoms. The summed E-state index contributed by atoms with van der Waals surface area (Å²) in [4.78, 5) is 50.4. The predicted molar refractivity (Wildman–Crippen MR) is 105 cm³/mol. The molecule has 1 saturated heterocycles. The average Bonchev–Trinajstić information content (AvgIpc) is 2.76. The zero-order valence-electron chi connectivity index (χ0n) is 17.2. The number of nitrogens with zero attached hydrogens (tertiary/aromatic N) is 3. The van der Waals surface area contributed by atoms with Gasteiger partial charge in [-0.15, -0.1) is 0 Å². The molecule has 12 nitrogen and oxygen atoms in total. The van der Waals surface area contributed by atoms with Crippen molar-refractivity contribution < 1.29 is 39.6 Å². The van der Waals surface area contributed by atoms with E-state index in [2.05, 4.69) is 0 Å². The lowest BCUT2D eigenvalue weighted by molar-refractivity contribution is -0.149. The number of carboxylic acids is 4. The largest absolute Gasteiger partial charge is 0.480 e. The molecule has 0 aromatic rings. The van der Waals surface area contributed by atoms with Crippen LogP contribution in [0.3, 0.4) is 0 Å². The molecule has 6 N–H and O–H groups in total. The van der Waals surface area contributed by atoms with Gasteiger partial charge in [0.1, 0.15) is 6.04 Å². The summed E-state index contributed by atoms with van der Waals surface area (Å²) in [6.07, 6.45) is 1.58. The van der Waals surface area contributed by atoms with Crippen LogP contribution in [0, 0.1) is 0 Å². The molecule has 0 aromatic heterocycles. The second-order valence-corrected chi connectivity index (χ2v) is 7.85. The predicted octanol–water partition coefficient (Wildman–Crippen LogP) is -1.50. The Hall–Kier alpha value is -2.28. The topological polar surface area (TPSA) is 185 Å². The summed E-state index contributed by atoms with van der Waals surface area (Å²) in [6, 6.07) is -0.864. The van der Waals surface area contributed by atoms with E-state index >= 15 is 0 Å². The van der Waals surface area contributed by atoms with Crippen molar-refractivity contribution in [3.05, 3.63) is 0 Å². The lowest BCUT2D eigenvalue weighted by atomic mass is 9.96. The van der Waals surface area contributed by atoms with E-state index in [1.165, 1.54) is 4.90 Å². The minimum absolute atomic E-state index is 0.0866. The van der Waals surface area contributed by atoms with Crippen LogP contribution in [-0.4, -0.2) is 123 Å². The highest BCUT2D eigenvalue weighted by Gasteiger charge is 2.42. The van der Waals surface area contributed by atoms with Crippen LogP contribution in [0.25, 0.3) is 0 Å². The molecule has 12 heteroatoms. The van der Waals surface area contributed by atoms with Gasteiger partial charge in [-0.25, -0.2) is 0 Å². The van der Waals surface area contributed by atoms with Crippen LogP contribution < -0.4 is 5.73 Å². The molecule has 1 aliphatic heterocycles. The van der Waals surface area contributed by atoms with Crippen molar-refractivity contribution in [3.63, 3.8) is 0 Å². The van der Waals surface area contributed by atoms with Gasteiger partial charge in [0.05, 0.1) is 19.6 Å². The summed E-state index contributed by atoms with van der Waals surface area (Å²) in [7, 11) is 0. The third-order valence-corrected chi connectivity index (χ3v) is 5.24. The molecule has 0 bridgehead atoms. The second-order valence-electron chi connectivity index (χ2n) is 7.85. The normalized spacial score (nSPS) is 21.8. The van der Waals surface area contributed by atoms with E-state index in [0.29, 0.717) is 25.8 Å². The number of carboxylic acid groups (broad SMARTS) is 4. The third-order valence-electron chi connectivity index (χ3n) is 5.24. The molecular formula is C18H32N4O8. The number of hydrogen-bond acceptors (Lipinski definition) is 8. The van der Waals surface area contributed by atoms with E-state index in [9.17, 15) is 39.6 Å². The molecule has 1 fully saturated rings. The van der Waals surface area contributed by atoms with Gasteiger partial charge in [0, 0.05) is 31.7 Å². The molecule has 1 aliphatic rings. The van der Waals surface area contributed by atoms with E-state index in [0.717, 1.165) is 0 Å². The van der Waals surface area contributed by atoms with Crippen LogP contribution in [0.5, 0.6) is 0 Å². The van der Waals surface area contributed by atoms with Crippen molar-refractivity contribution in [1.82, 2.24) is 14.7 Å². The molecule has 0 radical (unpaired) electrons. The van der Waals surface area contributed by atoms with Gasteiger partial charge in [-0.2, -0.15) is 0 Å². The highest BCUT2D eigenvalue weighted by atomic mass is 16.4. The number of hydrogen-bond donors (Lipinski definition) is 5. The van der Waals surface area contributed by atoms with E-state index in [1.807, 2.05) is 0 Å². The van der Waals surface area contributed by atoms with Crippen LogP contribution >= 0.6 is 0 Å². The standard InChI is InChI=1S/C18H32N4O8/c1-18(22(9-15(25)26)10-16(27)28)11-20(8-14(23)24)6-7-21(12-18)13(17(29)30)4-2-3-5-19/h13H,2-12,19H2,1H3,(H,23,24)(H,25,26)(H,27,28)(H,29,30). The Labute approximate surface area is 174 Å². The van der Waals surface area contributed by atoms with Crippen molar-refractivity contribution >= 4 is 23.9 Å². The number of unbranched alkanes of at least 4 members (excludes halogenated alkanes) is 1. The van der Waals surface area contributed by atoms with Crippen molar-refractivity contribution in [3.8, 4) is 0 Å². The fourth-order valence-electron chi connectivity index (χ4n) is 3.90. The summed E-state index contributed by atoms with van der Waals surface area (Å²) >= 11 is 0. The molecule has 172 valence electrons. The first-order chi connectivity index (χ1) is 14.0. The van der Waals surface area contributed by atoms with Gasteiger partial charge >= 0.3 is 23.9 Å². The van der Waals surface area contributed by atoms with E-state index in [4.69, 9.17) is 5.73 Å². The molecule has 0 saturated carbocycles. The maximum atomic E-state index is 11.9. The Balaban J connectivity index is 3.24. The Kier molecular flexibility index (Phi) is 10.1. The number of nitrogens with two attached hydrogens (primary N) is 1. The molecule has 0 amide bonds. The monoisotopic (exact) mass is 432 g/mol. The molecule has 0 aliphatic carbocycles. The lowest BCUT2D eigenvalue weighted by Crippen LogP contribution is -2.61. The Morgan fingerprint density at radius 2 is 1.57 bits per heavy atom. The van der Waals surface area contributed by atoms with E-state index in [-0.39, 0.29) is 32.7 Å². The zero-order valence-corrected chi connectivity index (χ0v) is 17.2. The smallest absolute Gasteiger partial charge is 0.320 e. The highest BCUT2D eigenvalue weighted by molar-refractivity contribution is 5.74. The molecular weight excluding hydrogens is 400 g/mol. The molecule has 2 unspecified atom stereocenters. The zero-order chi connectivity index (χ0) is 22.9. The minimum atomic E-state index is -1.23. The third kappa shape index (κ3) is 8.22. The van der Waals surface area contributed by atoms with Crippen LogP contribution in [0.15, 0.2) is 0 Å². The Bertz CT molecular complexity index is 615. The summed E-state index contributed by atoms with van der Waals surface area (Å²) in [5, 5.41) is 37.5. The van der Waals surface area contributed by atoms with E-state index in [1.54, 1.807) is 16.7 Å². The summed E-state index contributed by atoms with van der Waals surface area (Å²) < 4.78 is 0. The second kappa shape index (κ2) is 11.8. The van der Waals surface area contributed by atoms with Gasteiger partial charge in [0.2, 0.25) is 0 Å². The van der Waals surface area contributed by atoms with Gasteiger partial charge in [-0.1, -0.05) is 6.42 Å². The van der Waals surface area contributed by atoms with Crippen molar-refractivity contribution in [2.24, 2.45) is 5.73 Å². The minimum Gasteiger partial charge on any atom is -0.480 e. The Morgan fingerprint density at radius 1 is 0.967 bits per heavy atom. The van der Waals surface area contributed by atoms with E-state index < -0.39 is 48.5 Å². The fourth-order valence-corrected chi connectivity index (χ4v) is 3.90. The van der Waals surface area contributed by atoms with Gasteiger partial charge in [-0.3, -0.25) is 33.9 Å². The highest BCUT2D eigenvalue weighted by Crippen LogP contribution is 2.24. The first kappa shape index (κ1) is 25.8. The quantitative estimate of drug-likeness (QED) is 0.212. The van der Waals surface area contributed by atoms with Gasteiger partial charge in [-0.05, 0) is 26.3 Å². The van der Waals surface area contributed by atoms with Crippen LogP contribution in [-0.2, 0) is 19.2 Å². The van der Waals surface area contributed by atoms with Crippen LogP contribution in [0.1, 0.15) is 26.2 Å². The van der Waals surface area contributed by atoms with Crippen LogP contribution in [0.2, 0.25) is 0 Å². The van der Waals surface area contributed by atoms with Crippen LogP contribution in [0.4, 0.5) is 0 Å². The molecule has 1 heterocycles. The van der Waals surface area contributed by atoms with Crippen molar-refractivity contribution in [2.45, 2.75) is 37.8 Å². The maximum Gasteiger partial charge on any atom is 0.320 e. The number of aliphatic carboxylic acids is 4. The maximum absolute atomic E-state index is 11.9. The summed E-state index contributed by atoms with van der Waals surface area (Å²) in [6.45, 7) is 1.32. The number of carbonyl (C=O) groups is 4. The summed E-state index contributed by atoms with van der Waals surface area (Å²) in [5.41, 5.74) is 4.40. The van der Waals surface area contributed by atoms with Crippen molar-refractivity contribution in [2.75, 3.05) is 52.4 Å². The molecule has 2 atom stereocenters. The van der Waals surface area contributed by atoms with Gasteiger partial charge < -0.3 is 26.2 Å². The lowest BCUT2D eigenvalue weighted by Gasteiger charge is -2.43. The first-order valence-electron chi connectivity index (χ1n) is 9.78. The van der Waals surface area contributed by atoms with Gasteiger partial charge in [0.25, 0.3) is 0 Å². The molecule has 0 spiro atoms. The Morgan fingerprint density at radius 3 is 2.03 bits per heavy atom. The van der Waals surface area contributed by atoms with Crippen molar-refractivity contribution in [1.29, 1.82) is 0 Å². The number of rotatable bonds is 13. The molecule has 1 rings (SSSR count). The summed E-state index contributed by atoms with van der Waals surface area (Å²) in [5.74, 6) is -4.57. The van der Waals surface area contributed by atoms with Gasteiger partial charge in [0.15, 0.2) is 0 Å². The average molecular weight is 432 g/mol. The fraction of sp³-hybridized carbons (Fsp3) is 0.778. The first-order valence-corrected chi connectivity index (χ1v) is 9.78. The molecule has 0 aromatic carbocycles. The SMILES string of the molecule is CC1(N(CC(=O)O)CC(=O)O)CN(CC(=O)O)CCN(C(CCCCN)C(=O)O)C1.